The summed E-state index contributed by atoms with van der Waals surface area (Å²) in [5.41, 5.74) is -0.579. The Morgan fingerprint density at radius 2 is 1.82 bits per heavy atom. The summed E-state index contributed by atoms with van der Waals surface area (Å²) in [6.07, 6.45) is 0. The molecule has 2 saturated heterocycles. The molecule has 2 aliphatic rings. The first-order chi connectivity index (χ1) is 13.2. The highest BCUT2D eigenvalue weighted by molar-refractivity contribution is 6.09. The number of amides is 2. The fraction of sp³-hybridized carbons (Fsp3) is 0.400. The van der Waals surface area contributed by atoms with E-state index in [9.17, 15) is 19.2 Å². The Kier molecular flexibility index (Phi) is 3.94. The maximum atomic E-state index is 13.1. The zero-order chi connectivity index (χ0) is 20.4. The lowest BCUT2D eigenvalue weighted by Crippen LogP contribution is -2.53. The quantitative estimate of drug-likeness (QED) is 0.594. The van der Waals surface area contributed by atoms with E-state index in [1.807, 2.05) is 24.3 Å². The number of rotatable bonds is 2. The van der Waals surface area contributed by atoms with Gasteiger partial charge in [0.1, 0.15) is 5.54 Å². The number of hydrogen-bond donors (Lipinski definition) is 1. The number of esters is 1. The van der Waals surface area contributed by atoms with Gasteiger partial charge >= 0.3 is 5.97 Å². The number of fused-ring (bicyclic) bond motifs is 2. The van der Waals surface area contributed by atoms with Crippen molar-refractivity contribution in [3.8, 4) is 0 Å². The number of nitrogens with zero attached hydrogens (tertiary/aromatic N) is 2. The highest BCUT2D eigenvalue weighted by Crippen LogP contribution is 2.48. The molecule has 2 aromatic rings. The van der Waals surface area contributed by atoms with Crippen LogP contribution in [0.25, 0.3) is 10.9 Å². The van der Waals surface area contributed by atoms with Crippen LogP contribution in [-0.4, -0.2) is 46.9 Å². The maximum Gasteiger partial charge on any atom is 0.326 e. The van der Waals surface area contributed by atoms with Crippen molar-refractivity contribution in [3.05, 3.63) is 46.2 Å². The number of aromatic nitrogens is 1. The second-order valence-electron chi connectivity index (χ2n) is 7.58. The molecule has 0 saturated carbocycles. The van der Waals surface area contributed by atoms with E-state index in [0.29, 0.717) is 5.56 Å². The van der Waals surface area contributed by atoms with Crippen molar-refractivity contribution in [2.75, 3.05) is 14.2 Å². The van der Waals surface area contributed by atoms with Gasteiger partial charge in [0.15, 0.2) is 0 Å². The summed E-state index contributed by atoms with van der Waals surface area (Å²) in [6, 6.07) is 8.36. The molecule has 2 amide bonds. The Balaban J connectivity index is 1.94. The lowest BCUT2D eigenvalue weighted by Gasteiger charge is -2.27. The molecule has 1 N–H and O–H groups in total. The van der Waals surface area contributed by atoms with Crippen molar-refractivity contribution in [2.24, 2.45) is 18.9 Å². The van der Waals surface area contributed by atoms with Crippen molar-refractivity contribution in [3.63, 3.8) is 0 Å². The van der Waals surface area contributed by atoms with Crippen LogP contribution >= 0.6 is 0 Å². The molecular weight excluding hydrogens is 362 g/mol. The second-order valence-corrected chi connectivity index (χ2v) is 7.58. The standard InChI is InChI=1S/C20H21N3O5/c1-20(19(27)28-4)14-13(17(25)23(3)18(14)26)15(21-20)11-9-10-7-5-6-8-12(10)22(2)16(11)24/h5-9,13-15,21H,1-4H3/t13-,14-,15-,20-/m0/s1. The van der Waals surface area contributed by atoms with Gasteiger partial charge in [-0.1, -0.05) is 18.2 Å². The SMILES string of the molecule is COC(=O)[C@@]1(C)N[C@@H](c2cc3ccccc3n(C)c2=O)[C@H]2C(=O)N(C)C(=O)[C@H]21. The van der Waals surface area contributed by atoms with Gasteiger partial charge < -0.3 is 9.30 Å². The van der Waals surface area contributed by atoms with E-state index < -0.39 is 41.2 Å². The molecule has 1 aromatic heterocycles. The summed E-state index contributed by atoms with van der Waals surface area (Å²) in [6.45, 7) is 1.55. The topological polar surface area (TPSA) is 97.7 Å². The van der Waals surface area contributed by atoms with Gasteiger partial charge in [-0.15, -0.1) is 0 Å². The van der Waals surface area contributed by atoms with Gasteiger partial charge in [-0.05, 0) is 24.4 Å². The molecule has 0 spiro atoms. The van der Waals surface area contributed by atoms with E-state index in [2.05, 4.69) is 5.32 Å². The Labute approximate surface area is 161 Å². The fourth-order valence-corrected chi connectivity index (χ4v) is 4.62. The molecule has 0 aliphatic carbocycles. The number of nitrogens with one attached hydrogen (secondary N) is 1. The van der Waals surface area contributed by atoms with Crippen molar-refractivity contribution in [1.82, 2.24) is 14.8 Å². The summed E-state index contributed by atoms with van der Waals surface area (Å²) in [5, 5.41) is 3.92. The third kappa shape index (κ3) is 2.21. The Morgan fingerprint density at radius 1 is 1.14 bits per heavy atom. The number of carbonyl (C=O) groups is 3. The van der Waals surface area contributed by atoms with Gasteiger partial charge in [-0.2, -0.15) is 0 Å². The predicted molar refractivity (Wildman–Crippen MR) is 100 cm³/mol. The number of hydrogen-bond acceptors (Lipinski definition) is 6. The first-order valence-electron chi connectivity index (χ1n) is 8.98. The van der Waals surface area contributed by atoms with Crippen LogP contribution in [0.4, 0.5) is 0 Å². The number of methoxy groups -OCH3 is 1. The van der Waals surface area contributed by atoms with Gasteiger partial charge in [0.25, 0.3) is 5.56 Å². The van der Waals surface area contributed by atoms with E-state index in [1.54, 1.807) is 20.0 Å². The first-order valence-corrected chi connectivity index (χ1v) is 8.98. The number of carbonyl (C=O) groups excluding carboxylic acids is 3. The number of ether oxygens (including phenoxy) is 1. The van der Waals surface area contributed by atoms with Crippen LogP contribution in [0, 0.1) is 11.8 Å². The van der Waals surface area contributed by atoms with Crippen molar-refractivity contribution >= 4 is 28.7 Å². The molecule has 8 heteroatoms. The van der Waals surface area contributed by atoms with E-state index in [0.717, 1.165) is 15.8 Å². The smallest absolute Gasteiger partial charge is 0.326 e. The molecule has 3 heterocycles. The molecule has 1 aromatic carbocycles. The Hall–Kier alpha value is -3.00. The lowest BCUT2D eigenvalue weighted by atomic mass is 9.80. The molecular formula is C20H21N3O5. The summed E-state index contributed by atoms with van der Waals surface area (Å²) >= 11 is 0. The number of imide groups is 1. The normalized spacial score (nSPS) is 29.4. The average molecular weight is 383 g/mol. The van der Waals surface area contributed by atoms with E-state index in [4.69, 9.17) is 4.74 Å². The number of aryl methyl sites for hydroxylation is 1. The van der Waals surface area contributed by atoms with Crippen molar-refractivity contribution in [2.45, 2.75) is 18.5 Å². The van der Waals surface area contributed by atoms with Crippen LogP contribution < -0.4 is 10.9 Å². The average Bonchev–Trinajstić information content (AvgIpc) is 3.13. The van der Waals surface area contributed by atoms with E-state index in [1.165, 1.54) is 18.7 Å². The molecule has 8 nitrogen and oxygen atoms in total. The first kappa shape index (κ1) is 18.4. The van der Waals surface area contributed by atoms with Gasteiger partial charge in [0, 0.05) is 19.7 Å². The minimum absolute atomic E-state index is 0.279. The van der Waals surface area contributed by atoms with Crippen molar-refractivity contribution < 1.29 is 19.1 Å². The van der Waals surface area contributed by atoms with Crippen LogP contribution in [0.3, 0.4) is 0 Å². The maximum absolute atomic E-state index is 13.1. The zero-order valence-corrected chi connectivity index (χ0v) is 16.1. The van der Waals surface area contributed by atoms with Gasteiger partial charge in [-0.25, -0.2) is 0 Å². The molecule has 2 fully saturated rings. The molecule has 146 valence electrons. The van der Waals surface area contributed by atoms with E-state index in [-0.39, 0.29) is 5.56 Å². The predicted octanol–water partition coefficient (Wildman–Crippen LogP) is 0.345. The van der Waals surface area contributed by atoms with Crippen LogP contribution in [0.5, 0.6) is 0 Å². The highest BCUT2D eigenvalue weighted by atomic mass is 16.5. The second kappa shape index (κ2) is 6.00. The zero-order valence-electron chi connectivity index (χ0n) is 16.1. The molecule has 2 aliphatic heterocycles. The number of likely N-dealkylation sites (tertiary alicyclic amines) is 1. The molecule has 28 heavy (non-hydrogen) atoms. The minimum atomic E-state index is -1.40. The molecule has 0 radical (unpaired) electrons. The third-order valence-corrected chi connectivity index (χ3v) is 6.11. The summed E-state index contributed by atoms with van der Waals surface area (Å²) in [4.78, 5) is 52.2. The molecule has 4 atom stereocenters. The Bertz CT molecular complexity index is 1090. The monoisotopic (exact) mass is 383 g/mol. The summed E-state index contributed by atoms with van der Waals surface area (Å²) in [5.74, 6) is -3.28. The van der Waals surface area contributed by atoms with Gasteiger partial charge in [0.05, 0.1) is 30.5 Å². The van der Waals surface area contributed by atoms with Crippen LogP contribution in [-0.2, 0) is 26.2 Å². The van der Waals surface area contributed by atoms with Crippen LogP contribution in [0.2, 0.25) is 0 Å². The van der Waals surface area contributed by atoms with Crippen LogP contribution in [0.15, 0.2) is 35.1 Å². The highest BCUT2D eigenvalue weighted by Gasteiger charge is 2.66. The Morgan fingerprint density at radius 3 is 2.50 bits per heavy atom. The van der Waals surface area contributed by atoms with Crippen LogP contribution in [0.1, 0.15) is 18.5 Å². The van der Waals surface area contributed by atoms with Crippen molar-refractivity contribution in [1.29, 1.82) is 0 Å². The number of benzene rings is 1. The fourth-order valence-electron chi connectivity index (χ4n) is 4.62. The minimum Gasteiger partial charge on any atom is -0.468 e. The summed E-state index contributed by atoms with van der Waals surface area (Å²) < 4.78 is 6.42. The largest absolute Gasteiger partial charge is 0.468 e. The van der Waals surface area contributed by atoms with Gasteiger partial charge in [-0.3, -0.25) is 29.4 Å². The summed E-state index contributed by atoms with van der Waals surface area (Å²) in [7, 11) is 4.29. The van der Waals surface area contributed by atoms with E-state index >= 15 is 0 Å². The lowest BCUT2D eigenvalue weighted by molar-refractivity contribution is -0.152. The van der Waals surface area contributed by atoms with Gasteiger partial charge in [0.2, 0.25) is 11.8 Å². The molecule has 0 bridgehead atoms. The number of pyridine rings is 1. The third-order valence-electron chi connectivity index (χ3n) is 6.11. The molecule has 0 unspecified atom stereocenters. The number of para-hydroxylation sites is 1. The molecule has 4 rings (SSSR count).